The topological polar surface area (TPSA) is 48.5 Å². The van der Waals surface area contributed by atoms with E-state index in [2.05, 4.69) is 28.7 Å². The van der Waals surface area contributed by atoms with Gasteiger partial charge in [0.05, 0.1) is 11.7 Å². The second-order valence-corrected chi connectivity index (χ2v) is 6.50. The molecular formula is C18H28N4O. The minimum Gasteiger partial charge on any atom is -0.335 e. The Hall–Kier alpha value is -1.88. The maximum atomic E-state index is 12.4. The standard InChI is InChI=1S/C18H28N4O/c1-14(2)13-22-11-8-16(9-12-22)20-18(23)21(4)15(3)17-7-5-6-10-19-17/h5-7,10,15-16H,1,8-9,11-13H2,2-4H3,(H,20,23)/t15-/m0/s1. The third-order valence-corrected chi connectivity index (χ3v) is 4.43. The first-order valence-corrected chi connectivity index (χ1v) is 8.28. The summed E-state index contributed by atoms with van der Waals surface area (Å²) in [6.07, 6.45) is 3.74. The van der Waals surface area contributed by atoms with Crippen LogP contribution in [0.5, 0.6) is 0 Å². The summed E-state index contributed by atoms with van der Waals surface area (Å²) in [5.74, 6) is 0. The molecule has 5 heteroatoms. The Labute approximate surface area is 139 Å². The number of nitrogens with one attached hydrogen (secondary N) is 1. The summed E-state index contributed by atoms with van der Waals surface area (Å²) in [7, 11) is 1.82. The lowest BCUT2D eigenvalue weighted by Gasteiger charge is -2.34. The van der Waals surface area contributed by atoms with Gasteiger partial charge in [-0.3, -0.25) is 9.88 Å². The number of hydrogen-bond donors (Lipinski definition) is 1. The Morgan fingerprint density at radius 2 is 2.17 bits per heavy atom. The normalized spacial score (nSPS) is 17.5. The predicted octanol–water partition coefficient (Wildman–Crippen LogP) is 2.82. The van der Waals surface area contributed by atoms with Crippen molar-refractivity contribution in [3.8, 4) is 0 Å². The quantitative estimate of drug-likeness (QED) is 0.850. The summed E-state index contributed by atoms with van der Waals surface area (Å²) in [6.45, 7) is 11.0. The van der Waals surface area contributed by atoms with Crippen LogP contribution in [0.2, 0.25) is 0 Å². The Bertz CT molecular complexity index is 523. The number of amides is 2. The van der Waals surface area contributed by atoms with E-state index in [-0.39, 0.29) is 18.1 Å². The number of carbonyl (C=O) groups is 1. The van der Waals surface area contributed by atoms with Crippen LogP contribution in [0, 0.1) is 0 Å². The van der Waals surface area contributed by atoms with E-state index in [4.69, 9.17) is 0 Å². The molecular weight excluding hydrogens is 288 g/mol. The van der Waals surface area contributed by atoms with Gasteiger partial charge >= 0.3 is 6.03 Å². The third kappa shape index (κ3) is 5.06. The van der Waals surface area contributed by atoms with Crippen molar-refractivity contribution in [1.29, 1.82) is 0 Å². The van der Waals surface area contributed by atoms with Gasteiger partial charge in [-0.25, -0.2) is 4.79 Å². The maximum Gasteiger partial charge on any atom is 0.317 e. The minimum atomic E-state index is -0.0419. The molecule has 1 aliphatic heterocycles. The number of pyridine rings is 1. The number of carbonyl (C=O) groups excluding carboxylic acids is 1. The molecule has 0 saturated carbocycles. The van der Waals surface area contributed by atoms with Crippen LogP contribution in [0.4, 0.5) is 4.79 Å². The molecule has 1 fully saturated rings. The zero-order chi connectivity index (χ0) is 16.8. The van der Waals surface area contributed by atoms with E-state index in [1.54, 1.807) is 11.1 Å². The van der Waals surface area contributed by atoms with E-state index in [0.717, 1.165) is 38.2 Å². The lowest BCUT2D eigenvalue weighted by molar-refractivity contribution is 0.173. The number of aromatic nitrogens is 1. The fraction of sp³-hybridized carbons (Fsp3) is 0.556. The lowest BCUT2D eigenvalue weighted by atomic mass is 10.0. The molecule has 23 heavy (non-hydrogen) atoms. The van der Waals surface area contributed by atoms with Crippen LogP contribution in [-0.4, -0.2) is 53.5 Å². The van der Waals surface area contributed by atoms with E-state index in [0.29, 0.717) is 0 Å². The van der Waals surface area contributed by atoms with Crippen LogP contribution in [0.15, 0.2) is 36.5 Å². The van der Waals surface area contributed by atoms with Crippen LogP contribution in [0.1, 0.15) is 38.4 Å². The number of rotatable bonds is 5. The molecule has 0 aromatic carbocycles. The molecule has 1 aliphatic rings. The molecule has 0 spiro atoms. The molecule has 2 amide bonds. The van der Waals surface area contributed by atoms with Crippen molar-refractivity contribution in [3.63, 3.8) is 0 Å². The van der Waals surface area contributed by atoms with Gasteiger partial charge < -0.3 is 10.2 Å². The van der Waals surface area contributed by atoms with Crippen LogP contribution >= 0.6 is 0 Å². The minimum absolute atomic E-state index is 0.0264. The second-order valence-electron chi connectivity index (χ2n) is 6.50. The highest BCUT2D eigenvalue weighted by atomic mass is 16.2. The molecule has 1 N–H and O–H groups in total. The van der Waals surface area contributed by atoms with Crippen molar-refractivity contribution in [2.45, 2.75) is 38.8 Å². The van der Waals surface area contributed by atoms with Crippen molar-refractivity contribution >= 4 is 6.03 Å². The third-order valence-electron chi connectivity index (χ3n) is 4.43. The largest absolute Gasteiger partial charge is 0.335 e. The number of nitrogens with zero attached hydrogens (tertiary/aromatic N) is 3. The molecule has 1 aromatic heterocycles. The molecule has 0 radical (unpaired) electrons. The Morgan fingerprint density at radius 1 is 1.48 bits per heavy atom. The van der Waals surface area contributed by atoms with Gasteiger partial charge in [-0.1, -0.05) is 18.2 Å². The highest BCUT2D eigenvalue weighted by Crippen LogP contribution is 2.17. The van der Waals surface area contributed by atoms with Gasteiger partial charge in [0.2, 0.25) is 0 Å². The summed E-state index contributed by atoms with van der Waals surface area (Å²) in [5.41, 5.74) is 2.10. The summed E-state index contributed by atoms with van der Waals surface area (Å²) in [5, 5.41) is 3.15. The van der Waals surface area contributed by atoms with Crippen molar-refractivity contribution in [2.24, 2.45) is 0 Å². The van der Waals surface area contributed by atoms with Crippen molar-refractivity contribution in [3.05, 3.63) is 42.2 Å². The number of hydrogen-bond acceptors (Lipinski definition) is 3. The number of piperidine rings is 1. The van der Waals surface area contributed by atoms with E-state index in [1.807, 2.05) is 32.2 Å². The van der Waals surface area contributed by atoms with E-state index in [1.165, 1.54) is 5.57 Å². The highest BCUT2D eigenvalue weighted by molar-refractivity contribution is 5.74. The second kappa shape index (κ2) is 8.11. The maximum absolute atomic E-state index is 12.4. The zero-order valence-corrected chi connectivity index (χ0v) is 14.5. The Balaban J connectivity index is 1.82. The van der Waals surface area contributed by atoms with E-state index < -0.39 is 0 Å². The average Bonchev–Trinajstić information content (AvgIpc) is 2.55. The first kappa shape index (κ1) is 17.5. The van der Waals surface area contributed by atoms with E-state index in [9.17, 15) is 4.79 Å². The molecule has 0 bridgehead atoms. The summed E-state index contributed by atoms with van der Waals surface area (Å²) in [4.78, 5) is 20.9. The summed E-state index contributed by atoms with van der Waals surface area (Å²) < 4.78 is 0. The first-order valence-electron chi connectivity index (χ1n) is 8.28. The number of likely N-dealkylation sites (tertiary alicyclic amines) is 1. The molecule has 0 aliphatic carbocycles. The van der Waals surface area contributed by atoms with Crippen LogP contribution in [0.25, 0.3) is 0 Å². The summed E-state index contributed by atoms with van der Waals surface area (Å²) in [6, 6.07) is 5.96. The molecule has 2 heterocycles. The van der Waals surface area contributed by atoms with Crippen LogP contribution in [0.3, 0.4) is 0 Å². The zero-order valence-electron chi connectivity index (χ0n) is 14.5. The van der Waals surface area contributed by atoms with Gasteiger partial charge in [-0.2, -0.15) is 0 Å². The van der Waals surface area contributed by atoms with Gasteiger partial charge in [0, 0.05) is 38.9 Å². The fourth-order valence-electron chi connectivity index (χ4n) is 2.89. The van der Waals surface area contributed by atoms with Crippen LogP contribution in [-0.2, 0) is 0 Å². The molecule has 1 saturated heterocycles. The van der Waals surface area contributed by atoms with Crippen molar-refractivity contribution < 1.29 is 4.79 Å². The molecule has 5 nitrogen and oxygen atoms in total. The van der Waals surface area contributed by atoms with Gasteiger partial charge in [0.1, 0.15) is 0 Å². The number of urea groups is 1. The predicted molar refractivity (Wildman–Crippen MR) is 93.2 cm³/mol. The smallest absolute Gasteiger partial charge is 0.317 e. The monoisotopic (exact) mass is 316 g/mol. The fourth-order valence-corrected chi connectivity index (χ4v) is 2.89. The Morgan fingerprint density at radius 3 is 2.74 bits per heavy atom. The van der Waals surface area contributed by atoms with Gasteiger partial charge in [0.15, 0.2) is 0 Å². The molecule has 126 valence electrons. The Kier molecular flexibility index (Phi) is 6.16. The SMILES string of the molecule is C=C(C)CN1CCC(NC(=O)N(C)[C@@H](C)c2ccccn2)CC1. The molecule has 1 atom stereocenters. The van der Waals surface area contributed by atoms with Crippen LogP contribution < -0.4 is 5.32 Å². The van der Waals surface area contributed by atoms with Crippen molar-refractivity contribution in [1.82, 2.24) is 20.1 Å². The average molecular weight is 316 g/mol. The summed E-state index contributed by atoms with van der Waals surface area (Å²) >= 11 is 0. The lowest BCUT2D eigenvalue weighted by Crippen LogP contribution is -2.49. The molecule has 1 aromatic rings. The molecule has 2 rings (SSSR count). The van der Waals surface area contributed by atoms with E-state index >= 15 is 0 Å². The van der Waals surface area contributed by atoms with Crippen molar-refractivity contribution in [2.75, 3.05) is 26.7 Å². The first-order chi connectivity index (χ1) is 11.0. The molecule has 0 unspecified atom stereocenters. The van der Waals surface area contributed by atoms with Gasteiger partial charge in [0.25, 0.3) is 0 Å². The highest BCUT2D eigenvalue weighted by Gasteiger charge is 2.24. The van der Waals surface area contributed by atoms with Gasteiger partial charge in [-0.15, -0.1) is 0 Å². The van der Waals surface area contributed by atoms with Gasteiger partial charge in [-0.05, 0) is 38.8 Å².